The van der Waals surface area contributed by atoms with Gasteiger partial charge in [-0.25, -0.2) is 13.1 Å². The van der Waals surface area contributed by atoms with Gasteiger partial charge in [-0.05, 0) is 56.0 Å². The Morgan fingerprint density at radius 1 is 1.19 bits per heavy atom. The van der Waals surface area contributed by atoms with Gasteiger partial charge < -0.3 is 10.5 Å². The van der Waals surface area contributed by atoms with Gasteiger partial charge in [-0.15, -0.1) is 0 Å². The minimum atomic E-state index is -3.44. The van der Waals surface area contributed by atoms with Crippen LogP contribution in [0.5, 0.6) is 5.75 Å². The van der Waals surface area contributed by atoms with E-state index in [9.17, 15) is 8.42 Å². The summed E-state index contributed by atoms with van der Waals surface area (Å²) in [6, 6.07) is 6.51. The van der Waals surface area contributed by atoms with Crippen molar-refractivity contribution in [3.05, 3.63) is 24.3 Å². The molecular weight excluding hydrogens is 288 g/mol. The Hall–Kier alpha value is -1.11. The van der Waals surface area contributed by atoms with Gasteiger partial charge in [-0.3, -0.25) is 0 Å². The molecule has 0 aromatic heterocycles. The summed E-state index contributed by atoms with van der Waals surface area (Å²) >= 11 is 0. The van der Waals surface area contributed by atoms with Gasteiger partial charge in [-0.2, -0.15) is 0 Å². The van der Waals surface area contributed by atoms with Crippen molar-refractivity contribution < 1.29 is 13.2 Å². The fourth-order valence-electron chi connectivity index (χ4n) is 1.69. The molecule has 0 saturated carbocycles. The predicted octanol–water partition coefficient (Wildman–Crippen LogP) is 2.13. The lowest BCUT2D eigenvalue weighted by Gasteiger charge is -2.09. The monoisotopic (exact) mass is 314 g/mol. The molecule has 0 fully saturated rings. The minimum absolute atomic E-state index is 0.256. The molecule has 0 aliphatic carbocycles. The topological polar surface area (TPSA) is 81.4 Å². The number of rotatable bonds is 10. The van der Waals surface area contributed by atoms with Crippen molar-refractivity contribution in [1.82, 2.24) is 4.72 Å². The smallest absolute Gasteiger partial charge is 0.240 e. The van der Waals surface area contributed by atoms with Gasteiger partial charge in [-0.1, -0.05) is 13.8 Å². The molecule has 21 heavy (non-hydrogen) atoms. The maximum Gasteiger partial charge on any atom is 0.240 e. The van der Waals surface area contributed by atoms with Crippen LogP contribution < -0.4 is 15.2 Å². The number of unbranched alkanes of at least 4 members (excludes halogenated alkanes) is 1. The van der Waals surface area contributed by atoms with Crippen LogP contribution in [0.15, 0.2) is 29.2 Å². The minimum Gasteiger partial charge on any atom is -0.494 e. The SMILES string of the molecule is CC(C)CCOc1ccc(S(=O)(=O)NCCCCN)cc1. The Bertz CT molecular complexity index is 498. The third-order valence-corrected chi connectivity index (χ3v) is 4.50. The number of nitrogens with two attached hydrogens (primary N) is 1. The maximum atomic E-state index is 12.0. The number of hydrogen-bond donors (Lipinski definition) is 2. The second-order valence-electron chi connectivity index (χ2n) is 5.40. The van der Waals surface area contributed by atoms with E-state index in [-0.39, 0.29) is 4.90 Å². The standard InChI is InChI=1S/C15H26N2O3S/c1-13(2)9-12-20-14-5-7-15(8-6-14)21(18,19)17-11-4-3-10-16/h5-8,13,17H,3-4,9-12,16H2,1-2H3. The molecule has 1 aromatic rings. The molecule has 0 heterocycles. The van der Waals surface area contributed by atoms with Crippen molar-refractivity contribution in [2.45, 2.75) is 38.0 Å². The number of nitrogens with one attached hydrogen (secondary N) is 1. The van der Waals surface area contributed by atoms with E-state index < -0.39 is 10.0 Å². The van der Waals surface area contributed by atoms with Gasteiger partial charge in [0.25, 0.3) is 0 Å². The maximum absolute atomic E-state index is 12.0. The van der Waals surface area contributed by atoms with Crippen LogP contribution in [0.1, 0.15) is 33.1 Å². The van der Waals surface area contributed by atoms with E-state index >= 15 is 0 Å². The molecule has 0 atom stereocenters. The number of ether oxygens (including phenoxy) is 1. The summed E-state index contributed by atoms with van der Waals surface area (Å²) in [5, 5.41) is 0. The molecule has 0 bridgehead atoms. The Kier molecular flexibility index (Phi) is 7.71. The summed E-state index contributed by atoms with van der Waals surface area (Å²) in [7, 11) is -3.44. The van der Waals surface area contributed by atoms with Gasteiger partial charge in [0.2, 0.25) is 10.0 Å². The predicted molar refractivity (Wildman–Crippen MR) is 84.9 cm³/mol. The summed E-state index contributed by atoms with van der Waals surface area (Å²) in [5.74, 6) is 1.28. The average molecular weight is 314 g/mol. The Morgan fingerprint density at radius 2 is 1.86 bits per heavy atom. The molecular formula is C15H26N2O3S. The normalized spacial score (nSPS) is 11.8. The molecule has 0 aliphatic rings. The number of hydrogen-bond acceptors (Lipinski definition) is 4. The van der Waals surface area contributed by atoms with Crippen LogP contribution in [-0.4, -0.2) is 28.1 Å². The molecule has 0 aliphatic heterocycles. The number of benzene rings is 1. The summed E-state index contributed by atoms with van der Waals surface area (Å²) in [6.45, 7) is 5.89. The molecule has 1 rings (SSSR count). The lowest BCUT2D eigenvalue weighted by molar-refractivity contribution is 0.289. The van der Waals surface area contributed by atoms with Gasteiger partial charge in [0.05, 0.1) is 11.5 Å². The molecule has 3 N–H and O–H groups in total. The van der Waals surface area contributed by atoms with E-state index in [0.29, 0.717) is 31.4 Å². The molecule has 0 unspecified atom stereocenters. The van der Waals surface area contributed by atoms with E-state index in [1.807, 2.05) is 0 Å². The zero-order valence-electron chi connectivity index (χ0n) is 12.8. The molecule has 120 valence electrons. The quantitative estimate of drug-likeness (QED) is 0.648. The largest absolute Gasteiger partial charge is 0.494 e. The van der Waals surface area contributed by atoms with Gasteiger partial charge >= 0.3 is 0 Å². The van der Waals surface area contributed by atoms with E-state index in [0.717, 1.165) is 19.3 Å². The first-order chi connectivity index (χ1) is 9.95. The molecule has 0 radical (unpaired) electrons. The van der Waals surface area contributed by atoms with Crippen molar-refractivity contribution in [1.29, 1.82) is 0 Å². The van der Waals surface area contributed by atoms with Gasteiger partial charge in [0.15, 0.2) is 0 Å². The highest BCUT2D eigenvalue weighted by Crippen LogP contribution is 2.16. The highest BCUT2D eigenvalue weighted by Gasteiger charge is 2.12. The van der Waals surface area contributed by atoms with Crippen molar-refractivity contribution in [2.75, 3.05) is 19.7 Å². The van der Waals surface area contributed by atoms with Crippen molar-refractivity contribution in [3.63, 3.8) is 0 Å². The highest BCUT2D eigenvalue weighted by atomic mass is 32.2. The first-order valence-corrected chi connectivity index (χ1v) is 8.86. The van der Waals surface area contributed by atoms with E-state index in [2.05, 4.69) is 18.6 Å². The van der Waals surface area contributed by atoms with Crippen LogP contribution in [-0.2, 0) is 10.0 Å². The van der Waals surface area contributed by atoms with Crippen molar-refractivity contribution in [3.8, 4) is 5.75 Å². The van der Waals surface area contributed by atoms with Crippen LogP contribution in [0, 0.1) is 5.92 Å². The average Bonchev–Trinajstić information content (AvgIpc) is 2.44. The van der Waals surface area contributed by atoms with Crippen molar-refractivity contribution in [2.24, 2.45) is 11.7 Å². The van der Waals surface area contributed by atoms with Crippen LogP contribution in [0.2, 0.25) is 0 Å². The zero-order valence-corrected chi connectivity index (χ0v) is 13.7. The van der Waals surface area contributed by atoms with Gasteiger partial charge in [0, 0.05) is 6.54 Å². The third kappa shape index (κ3) is 6.93. The molecule has 0 spiro atoms. The van der Waals surface area contributed by atoms with Gasteiger partial charge in [0.1, 0.15) is 5.75 Å². The van der Waals surface area contributed by atoms with Crippen LogP contribution in [0.25, 0.3) is 0 Å². The Balaban J connectivity index is 2.52. The fraction of sp³-hybridized carbons (Fsp3) is 0.600. The Labute approximate surface area is 127 Å². The zero-order chi connectivity index (χ0) is 15.7. The Morgan fingerprint density at radius 3 is 2.43 bits per heavy atom. The summed E-state index contributed by atoms with van der Waals surface area (Å²) < 4.78 is 32.2. The molecule has 5 nitrogen and oxygen atoms in total. The van der Waals surface area contributed by atoms with Crippen LogP contribution in [0.4, 0.5) is 0 Å². The molecule has 1 aromatic carbocycles. The summed E-state index contributed by atoms with van der Waals surface area (Å²) in [4.78, 5) is 0.256. The van der Waals surface area contributed by atoms with E-state index in [1.165, 1.54) is 0 Å². The highest BCUT2D eigenvalue weighted by molar-refractivity contribution is 7.89. The van der Waals surface area contributed by atoms with E-state index in [1.54, 1.807) is 24.3 Å². The second kappa shape index (κ2) is 9.02. The molecule has 0 saturated heterocycles. The third-order valence-electron chi connectivity index (χ3n) is 3.02. The fourth-order valence-corrected chi connectivity index (χ4v) is 2.76. The molecule has 0 amide bonds. The first kappa shape index (κ1) is 17.9. The van der Waals surface area contributed by atoms with Crippen LogP contribution in [0.3, 0.4) is 0 Å². The lowest BCUT2D eigenvalue weighted by Crippen LogP contribution is -2.25. The molecule has 6 heteroatoms. The summed E-state index contributed by atoms with van der Waals surface area (Å²) in [5.41, 5.74) is 5.37. The number of sulfonamides is 1. The van der Waals surface area contributed by atoms with E-state index in [4.69, 9.17) is 10.5 Å². The van der Waals surface area contributed by atoms with Crippen molar-refractivity contribution >= 4 is 10.0 Å². The first-order valence-electron chi connectivity index (χ1n) is 7.38. The second-order valence-corrected chi connectivity index (χ2v) is 7.16. The van der Waals surface area contributed by atoms with Crippen LogP contribution >= 0.6 is 0 Å². The lowest BCUT2D eigenvalue weighted by atomic mass is 10.1. The summed E-state index contributed by atoms with van der Waals surface area (Å²) in [6.07, 6.45) is 2.53.